The fourth-order valence-electron chi connectivity index (χ4n) is 3.30. The number of pyridine rings is 1. The van der Waals surface area contributed by atoms with Gasteiger partial charge in [-0.25, -0.2) is 9.97 Å². The minimum atomic E-state index is 0.479. The highest BCUT2D eigenvalue weighted by Crippen LogP contribution is 2.39. The normalized spacial score (nSPS) is 13.7. The molecule has 1 aliphatic carbocycles. The Labute approximate surface area is 178 Å². The maximum atomic E-state index is 6.55. The van der Waals surface area contributed by atoms with Crippen molar-refractivity contribution in [2.45, 2.75) is 17.9 Å². The van der Waals surface area contributed by atoms with Crippen molar-refractivity contribution in [1.82, 2.24) is 15.0 Å². The molecule has 144 valence electrons. The lowest BCUT2D eigenvalue weighted by atomic mass is 10.0. The SMILES string of the molecule is Nc1nc(-c2ccccc2)c(-c2cc(Cl)c3ncccc3c2)nc1SCC1CC1. The molecule has 2 aromatic carbocycles. The second-order valence-corrected chi connectivity index (χ2v) is 8.68. The maximum Gasteiger partial charge on any atom is 0.156 e. The van der Waals surface area contributed by atoms with Crippen molar-refractivity contribution in [3.8, 4) is 22.5 Å². The molecule has 29 heavy (non-hydrogen) atoms. The van der Waals surface area contributed by atoms with Crippen LogP contribution < -0.4 is 5.73 Å². The van der Waals surface area contributed by atoms with Crippen LogP contribution in [-0.4, -0.2) is 20.7 Å². The number of benzene rings is 2. The summed E-state index contributed by atoms with van der Waals surface area (Å²) in [5.41, 5.74) is 10.5. The molecule has 0 unspecified atom stereocenters. The number of hydrogen-bond acceptors (Lipinski definition) is 5. The molecule has 2 heterocycles. The second kappa shape index (κ2) is 7.65. The summed E-state index contributed by atoms with van der Waals surface area (Å²) >= 11 is 8.25. The van der Waals surface area contributed by atoms with Gasteiger partial charge < -0.3 is 5.73 Å². The lowest BCUT2D eigenvalue weighted by Crippen LogP contribution is -2.03. The standard InChI is InChI=1S/C23H19ClN4S/c24-18-12-17(11-16-7-4-10-26-19(16)18)21-20(15-5-2-1-3-6-15)27-22(25)23(28-21)29-13-14-8-9-14/h1-7,10-12,14H,8-9,13H2,(H2,25,27). The molecule has 0 aliphatic heterocycles. The number of thioether (sulfide) groups is 1. The zero-order valence-corrected chi connectivity index (χ0v) is 17.2. The van der Waals surface area contributed by atoms with Crippen LogP contribution in [0.5, 0.6) is 0 Å². The van der Waals surface area contributed by atoms with Crippen LogP contribution in [0.3, 0.4) is 0 Å². The van der Waals surface area contributed by atoms with Crippen LogP contribution in [0, 0.1) is 5.92 Å². The van der Waals surface area contributed by atoms with E-state index >= 15 is 0 Å². The number of anilines is 1. The van der Waals surface area contributed by atoms with Crippen LogP contribution >= 0.6 is 23.4 Å². The van der Waals surface area contributed by atoms with Crippen LogP contribution in [0.15, 0.2) is 65.8 Å². The third-order valence-corrected chi connectivity index (χ3v) is 6.52. The Hall–Kier alpha value is -2.63. The average Bonchev–Trinajstić information content (AvgIpc) is 3.58. The second-order valence-electron chi connectivity index (χ2n) is 7.26. The third kappa shape index (κ3) is 3.80. The molecule has 0 saturated heterocycles. The van der Waals surface area contributed by atoms with E-state index < -0.39 is 0 Å². The first-order valence-electron chi connectivity index (χ1n) is 9.59. The molecule has 0 radical (unpaired) electrons. The molecule has 1 saturated carbocycles. The van der Waals surface area contributed by atoms with Crippen molar-refractivity contribution in [3.63, 3.8) is 0 Å². The Balaban J connectivity index is 1.69. The highest BCUT2D eigenvalue weighted by atomic mass is 35.5. The van der Waals surface area contributed by atoms with Crippen molar-refractivity contribution in [2.75, 3.05) is 11.5 Å². The monoisotopic (exact) mass is 418 g/mol. The number of fused-ring (bicyclic) bond motifs is 1. The number of halogens is 1. The van der Waals surface area contributed by atoms with E-state index in [0.29, 0.717) is 10.8 Å². The highest BCUT2D eigenvalue weighted by molar-refractivity contribution is 7.99. The molecule has 0 spiro atoms. The van der Waals surface area contributed by atoms with Gasteiger partial charge in [-0.3, -0.25) is 4.98 Å². The number of nitrogens with two attached hydrogens (primary N) is 1. The number of hydrogen-bond donors (Lipinski definition) is 1. The van der Waals surface area contributed by atoms with E-state index in [1.165, 1.54) is 12.8 Å². The van der Waals surface area contributed by atoms with Gasteiger partial charge in [0.25, 0.3) is 0 Å². The molecule has 2 aromatic heterocycles. The maximum absolute atomic E-state index is 6.55. The molecular formula is C23H19ClN4S. The largest absolute Gasteiger partial charge is 0.381 e. The Morgan fingerprint density at radius 2 is 1.76 bits per heavy atom. The molecule has 0 atom stereocenters. The van der Waals surface area contributed by atoms with Crippen LogP contribution in [0.4, 0.5) is 5.82 Å². The fourth-order valence-corrected chi connectivity index (χ4v) is 4.66. The zero-order chi connectivity index (χ0) is 19.8. The molecule has 6 heteroatoms. The summed E-state index contributed by atoms with van der Waals surface area (Å²) in [5, 5.41) is 2.36. The molecule has 1 aliphatic rings. The fraction of sp³-hybridized carbons (Fsp3) is 0.174. The van der Waals surface area contributed by atoms with E-state index in [0.717, 1.165) is 50.1 Å². The van der Waals surface area contributed by atoms with Gasteiger partial charge in [0.15, 0.2) is 5.82 Å². The number of nitrogen functional groups attached to an aromatic ring is 1. The van der Waals surface area contributed by atoms with Crippen LogP contribution in [0.1, 0.15) is 12.8 Å². The average molecular weight is 419 g/mol. The van der Waals surface area contributed by atoms with E-state index in [1.54, 1.807) is 18.0 Å². The predicted octanol–water partition coefficient (Wildman–Crippen LogP) is 6.10. The van der Waals surface area contributed by atoms with Crippen molar-refractivity contribution in [2.24, 2.45) is 5.92 Å². The van der Waals surface area contributed by atoms with E-state index in [9.17, 15) is 0 Å². The van der Waals surface area contributed by atoms with E-state index in [4.69, 9.17) is 27.3 Å². The van der Waals surface area contributed by atoms with Gasteiger partial charge in [0.2, 0.25) is 0 Å². The van der Waals surface area contributed by atoms with Gasteiger partial charge >= 0.3 is 0 Å². The van der Waals surface area contributed by atoms with Crippen LogP contribution in [0.25, 0.3) is 33.4 Å². The molecule has 2 N–H and O–H groups in total. The lowest BCUT2D eigenvalue weighted by molar-refractivity contribution is 0.990. The van der Waals surface area contributed by atoms with Gasteiger partial charge in [-0.1, -0.05) is 48.0 Å². The summed E-state index contributed by atoms with van der Waals surface area (Å²) in [6.45, 7) is 0. The molecule has 5 rings (SSSR count). The molecule has 0 bridgehead atoms. The quantitative estimate of drug-likeness (QED) is 0.397. The first-order chi connectivity index (χ1) is 14.2. The molecular weight excluding hydrogens is 400 g/mol. The first kappa shape index (κ1) is 18.4. The summed E-state index contributed by atoms with van der Waals surface area (Å²) in [6, 6.07) is 17.9. The lowest BCUT2D eigenvalue weighted by Gasteiger charge is -2.14. The highest BCUT2D eigenvalue weighted by Gasteiger charge is 2.23. The van der Waals surface area contributed by atoms with E-state index in [-0.39, 0.29) is 0 Å². The predicted molar refractivity (Wildman–Crippen MR) is 121 cm³/mol. The van der Waals surface area contributed by atoms with Gasteiger partial charge in [0.05, 0.1) is 21.9 Å². The summed E-state index contributed by atoms with van der Waals surface area (Å²) < 4.78 is 0. The Morgan fingerprint density at radius 1 is 0.966 bits per heavy atom. The third-order valence-electron chi connectivity index (χ3n) is 5.02. The van der Waals surface area contributed by atoms with Gasteiger partial charge in [0.1, 0.15) is 5.03 Å². The topological polar surface area (TPSA) is 64.7 Å². The summed E-state index contributed by atoms with van der Waals surface area (Å²) in [5.74, 6) is 2.29. The smallest absolute Gasteiger partial charge is 0.156 e. The van der Waals surface area contributed by atoms with Gasteiger partial charge in [-0.15, -0.1) is 11.8 Å². The molecule has 0 amide bonds. The molecule has 4 aromatic rings. The first-order valence-corrected chi connectivity index (χ1v) is 11.0. The van der Waals surface area contributed by atoms with Crippen LogP contribution in [0.2, 0.25) is 5.02 Å². The molecule has 1 fully saturated rings. The summed E-state index contributed by atoms with van der Waals surface area (Å²) in [6.07, 6.45) is 4.34. The Bertz CT molecular complexity index is 1190. The summed E-state index contributed by atoms with van der Waals surface area (Å²) in [4.78, 5) is 14.1. The van der Waals surface area contributed by atoms with Crippen molar-refractivity contribution in [1.29, 1.82) is 0 Å². The number of aromatic nitrogens is 3. The minimum Gasteiger partial charge on any atom is -0.381 e. The van der Waals surface area contributed by atoms with Gasteiger partial charge in [0, 0.05) is 28.5 Å². The Kier molecular flexibility index (Phi) is 4.86. The number of nitrogens with zero attached hydrogens (tertiary/aromatic N) is 3. The number of rotatable bonds is 5. The minimum absolute atomic E-state index is 0.479. The van der Waals surface area contributed by atoms with E-state index in [1.807, 2.05) is 48.5 Å². The van der Waals surface area contributed by atoms with Crippen molar-refractivity contribution >= 4 is 40.1 Å². The summed E-state index contributed by atoms with van der Waals surface area (Å²) in [7, 11) is 0. The van der Waals surface area contributed by atoms with Gasteiger partial charge in [-0.05, 0) is 37.0 Å². The van der Waals surface area contributed by atoms with Crippen LogP contribution in [-0.2, 0) is 0 Å². The Morgan fingerprint density at radius 3 is 2.55 bits per heavy atom. The van der Waals surface area contributed by atoms with Crippen molar-refractivity contribution < 1.29 is 0 Å². The van der Waals surface area contributed by atoms with E-state index in [2.05, 4.69) is 11.1 Å². The zero-order valence-electron chi connectivity index (χ0n) is 15.7. The molecule has 4 nitrogen and oxygen atoms in total. The van der Waals surface area contributed by atoms with Gasteiger partial charge in [-0.2, -0.15) is 0 Å². The van der Waals surface area contributed by atoms with Crippen molar-refractivity contribution in [3.05, 3.63) is 65.8 Å².